The molecule has 4 heteroatoms. The predicted octanol–water partition coefficient (Wildman–Crippen LogP) is 0.335. The second-order valence-electron chi connectivity index (χ2n) is 3.90. The molecule has 14 heavy (non-hydrogen) atoms. The van der Waals surface area contributed by atoms with Crippen molar-refractivity contribution in [2.24, 2.45) is 5.92 Å². The summed E-state index contributed by atoms with van der Waals surface area (Å²) in [5, 5.41) is 3.24. The van der Waals surface area contributed by atoms with Crippen LogP contribution in [0.1, 0.15) is 13.8 Å². The van der Waals surface area contributed by atoms with Crippen LogP contribution < -0.4 is 5.32 Å². The molecule has 2 atom stereocenters. The molecule has 0 aromatic carbocycles. The minimum absolute atomic E-state index is 0.0747. The van der Waals surface area contributed by atoms with Gasteiger partial charge in [-0.3, -0.25) is 4.79 Å². The lowest BCUT2D eigenvalue weighted by Crippen LogP contribution is -2.38. The number of nitrogens with zero attached hydrogens (tertiary/aromatic N) is 1. The van der Waals surface area contributed by atoms with E-state index in [2.05, 4.69) is 21.9 Å². The molecule has 0 amide bonds. The Morgan fingerprint density at radius 2 is 1.93 bits per heavy atom. The van der Waals surface area contributed by atoms with Crippen LogP contribution in [-0.4, -0.2) is 51.2 Å². The van der Waals surface area contributed by atoms with Gasteiger partial charge in [-0.25, -0.2) is 0 Å². The largest absolute Gasteiger partial charge is 0.469 e. The number of nitrogens with one attached hydrogen (secondary N) is 1. The normalized spacial score (nSPS) is 15.3. The molecule has 0 spiro atoms. The maximum absolute atomic E-state index is 11.0. The van der Waals surface area contributed by atoms with E-state index in [0.29, 0.717) is 12.6 Å². The van der Waals surface area contributed by atoms with Crippen LogP contribution in [0.5, 0.6) is 0 Å². The Balaban J connectivity index is 3.58. The molecule has 0 heterocycles. The fraction of sp³-hybridized carbons (Fsp3) is 0.900. The van der Waals surface area contributed by atoms with Crippen LogP contribution >= 0.6 is 0 Å². The number of esters is 1. The number of methoxy groups -OCH3 is 1. The molecule has 0 rings (SSSR count). The first-order valence-corrected chi connectivity index (χ1v) is 4.94. The summed E-state index contributed by atoms with van der Waals surface area (Å²) in [6.07, 6.45) is 0. The van der Waals surface area contributed by atoms with Crippen molar-refractivity contribution in [1.29, 1.82) is 0 Å². The Morgan fingerprint density at radius 3 is 2.36 bits per heavy atom. The van der Waals surface area contributed by atoms with Crippen molar-refractivity contribution in [3.63, 3.8) is 0 Å². The maximum Gasteiger partial charge on any atom is 0.309 e. The molecule has 0 bridgehead atoms. The number of likely N-dealkylation sites (N-methyl/N-ethyl adjacent to an activating group) is 1. The summed E-state index contributed by atoms with van der Waals surface area (Å²) in [6.45, 7) is 5.55. The van der Waals surface area contributed by atoms with Crippen LogP contribution in [-0.2, 0) is 9.53 Å². The molecule has 0 aliphatic rings. The van der Waals surface area contributed by atoms with E-state index in [4.69, 9.17) is 0 Å². The highest BCUT2D eigenvalue weighted by atomic mass is 16.5. The van der Waals surface area contributed by atoms with Crippen LogP contribution in [0.25, 0.3) is 0 Å². The molecule has 1 N–H and O–H groups in total. The van der Waals surface area contributed by atoms with Crippen molar-refractivity contribution in [3.05, 3.63) is 0 Å². The van der Waals surface area contributed by atoms with Gasteiger partial charge in [0, 0.05) is 19.1 Å². The summed E-state index contributed by atoms with van der Waals surface area (Å²) in [7, 11) is 5.49. The highest BCUT2D eigenvalue weighted by Crippen LogP contribution is 1.96. The van der Waals surface area contributed by atoms with Gasteiger partial charge >= 0.3 is 5.97 Å². The SMILES string of the molecule is COC(=O)C(C)CNCC(C)N(C)C. The monoisotopic (exact) mass is 202 g/mol. The van der Waals surface area contributed by atoms with E-state index in [-0.39, 0.29) is 11.9 Å². The predicted molar refractivity (Wildman–Crippen MR) is 57.2 cm³/mol. The standard InChI is InChI=1S/C10H22N2O2/c1-8(10(13)14-5)6-11-7-9(2)12(3)4/h8-9,11H,6-7H2,1-5H3. The van der Waals surface area contributed by atoms with Gasteiger partial charge in [-0.05, 0) is 21.0 Å². The third-order valence-electron chi connectivity index (χ3n) is 2.38. The lowest BCUT2D eigenvalue weighted by molar-refractivity contribution is -0.144. The zero-order valence-corrected chi connectivity index (χ0v) is 9.83. The third-order valence-corrected chi connectivity index (χ3v) is 2.38. The smallest absolute Gasteiger partial charge is 0.309 e. The van der Waals surface area contributed by atoms with Gasteiger partial charge in [0.05, 0.1) is 13.0 Å². The number of ether oxygens (including phenoxy) is 1. The van der Waals surface area contributed by atoms with Gasteiger partial charge in [0.1, 0.15) is 0 Å². The Hall–Kier alpha value is -0.610. The van der Waals surface area contributed by atoms with Crippen molar-refractivity contribution >= 4 is 5.97 Å². The van der Waals surface area contributed by atoms with E-state index in [0.717, 1.165) is 6.54 Å². The molecule has 2 unspecified atom stereocenters. The molecule has 84 valence electrons. The lowest BCUT2D eigenvalue weighted by atomic mass is 10.2. The van der Waals surface area contributed by atoms with Gasteiger partial charge in [0.25, 0.3) is 0 Å². The first kappa shape index (κ1) is 13.4. The summed E-state index contributed by atoms with van der Waals surface area (Å²) in [6, 6.07) is 0.472. The number of rotatable bonds is 6. The van der Waals surface area contributed by atoms with Gasteiger partial charge in [0.15, 0.2) is 0 Å². The molecule has 0 fully saturated rings. The van der Waals surface area contributed by atoms with E-state index in [9.17, 15) is 4.79 Å². The average molecular weight is 202 g/mol. The fourth-order valence-electron chi connectivity index (χ4n) is 0.976. The van der Waals surface area contributed by atoms with Gasteiger partial charge in [0.2, 0.25) is 0 Å². The molecule has 0 saturated heterocycles. The minimum atomic E-state index is -0.157. The summed E-state index contributed by atoms with van der Waals surface area (Å²) in [5.74, 6) is -0.232. The molecule has 0 aliphatic carbocycles. The van der Waals surface area contributed by atoms with E-state index in [1.165, 1.54) is 7.11 Å². The quantitative estimate of drug-likeness (QED) is 0.630. The highest BCUT2D eigenvalue weighted by Gasteiger charge is 2.12. The molecule has 0 aromatic heterocycles. The Labute approximate surface area is 86.6 Å². The second-order valence-corrected chi connectivity index (χ2v) is 3.90. The van der Waals surface area contributed by atoms with Gasteiger partial charge < -0.3 is 15.0 Å². The Bertz CT molecular complexity index is 172. The summed E-state index contributed by atoms with van der Waals surface area (Å²) in [4.78, 5) is 13.2. The van der Waals surface area contributed by atoms with Crippen LogP contribution in [0.15, 0.2) is 0 Å². The lowest BCUT2D eigenvalue weighted by Gasteiger charge is -2.20. The first-order valence-electron chi connectivity index (χ1n) is 4.94. The highest BCUT2D eigenvalue weighted by molar-refractivity contribution is 5.71. The Morgan fingerprint density at radius 1 is 1.36 bits per heavy atom. The number of hydrogen-bond acceptors (Lipinski definition) is 4. The summed E-state index contributed by atoms with van der Waals surface area (Å²) < 4.78 is 4.63. The maximum atomic E-state index is 11.0. The van der Waals surface area contributed by atoms with E-state index < -0.39 is 0 Å². The first-order chi connectivity index (χ1) is 6.49. The second kappa shape index (κ2) is 6.79. The molecular weight excluding hydrogens is 180 g/mol. The van der Waals surface area contributed by atoms with Crippen LogP contribution in [0.3, 0.4) is 0 Å². The zero-order chi connectivity index (χ0) is 11.1. The number of carbonyl (C=O) groups excluding carboxylic acids is 1. The van der Waals surface area contributed by atoms with Crippen LogP contribution in [0, 0.1) is 5.92 Å². The number of hydrogen-bond donors (Lipinski definition) is 1. The van der Waals surface area contributed by atoms with Gasteiger partial charge in [-0.1, -0.05) is 6.92 Å². The molecular formula is C10H22N2O2. The molecule has 0 radical (unpaired) electrons. The van der Waals surface area contributed by atoms with E-state index in [1.54, 1.807) is 0 Å². The Kier molecular flexibility index (Phi) is 6.49. The van der Waals surface area contributed by atoms with Crippen LogP contribution in [0.4, 0.5) is 0 Å². The molecule has 0 saturated carbocycles. The molecule has 0 aromatic rings. The third kappa shape index (κ3) is 5.19. The van der Waals surface area contributed by atoms with E-state index >= 15 is 0 Å². The van der Waals surface area contributed by atoms with Crippen molar-refractivity contribution in [2.75, 3.05) is 34.3 Å². The fourth-order valence-corrected chi connectivity index (χ4v) is 0.976. The van der Waals surface area contributed by atoms with Gasteiger partial charge in [-0.2, -0.15) is 0 Å². The van der Waals surface area contributed by atoms with Crippen molar-refractivity contribution in [1.82, 2.24) is 10.2 Å². The van der Waals surface area contributed by atoms with Crippen molar-refractivity contribution in [2.45, 2.75) is 19.9 Å². The average Bonchev–Trinajstić information content (AvgIpc) is 2.15. The zero-order valence-electron chi connectivity index (χ0n) is 9.83. The summed E-state index contributed by atoms with van der Waals surface area (Å²) in [5.41, 5.74) is 0. The number of carbonyl (C=O) groups is 1. The van der Waals surface area contributed by atoms with Gasteiger partial charge in [-0.15, -0.1) is 0 Å². The molecule has 4 nitrogen and oxygen atoms in total. The molecule has 0 aliphatic heterocycles. The topological polar surface area (TPSA) is 41.6 Å². The minimum Gasteiger partial charge on any atom is -0.469 e. The van der Waals surface area contributed by atoms with Crippen LogP contribution in [0.2, 0.25) is 0 Å². The van der Waals surface area contributed by atoms with Crippen molar-refractivity contribution < 1.29 is 9.53 Å². The summed E-state index contributed by atoms with van der Waals surface area (Å²) >= 11 is 0. The van der Waals surface area contributed by atoms with Crippen molar-refractivity contribution in [3.8, 4) is 0 Å². The van der Waals surface area contributed by atoms with E-state index in [1.807, 2.05) is 21.0 Å².